The lowest BCUT2D eigenvalue weighted by Gasteiger charge is -2.30. The lowest BCUT2D eigenvalue weighted by atomic mass is 9.70. The molecule has 14 rings (SSSR count). The van der Waals surface area contributed by atoms with Crippen molar-refractivity contribution in [3.8, 4) is 44.5 Å². The second-order valence-electron chi connectivity index (χ2n) is 17.1. The molecule has 0 atom stereocenters. The van der Waals surface area contributed by atoms with Gasteiger partial charge >= 0.3 is 0 Å². The van der Waals surface area contributed by atoms with E-state index in [2.05, 4.69) is 223 Å². The summed E-state index contributed by atoms with van der Waals surface area (Å²) in [6, 6.07) is 81.1. The van der Waals surface area contributed by atoms with Gasteiger partial charge in [-0.05, 0) is 103 Å². The van der Waals surface area contributed by atoms with Crippen LogP contribution in [0.1, 0.15) is 22.3 Å². The topological polar surface area (TPSA) is 29.5 Å². The molecule has 1 spiro atoms. The van der Waals surface area contributed by atoms with Crippen LogP contribution in [0.15, 0.2) is 233 Å². The first-order chi connectivity index (χ1) is 31.8. The second kappa shape index (κ2) is 13.3. The number of rotatable bonds is 5. The Morgan fingerprint density at radius 1 is 0.328 bits per heavy atom. The van der Waals surface area contributed by atoms with Gasteiger partial charge < -0.3 is 13.7 Å². The molecule has 0 N–H and O–H groups in total. The third kappa shape index (κ3) is 4.76. The number of anilines is 3. The van der Waals surface area contributed by atoms with Crippen LogP contribution in [0.2, 0.25) is 0 Å². The van der Waals surface area contributed by atoms with Gasteiger partial charge in [-0.25, -0.2) is 0 Å². The van der Waals surface area contributed by atoms with Crippen LogP contribution in [0.3, 0.4) is 0 Å². The molecular formula is C61H37NO2. The predicted molar refractivity (Wildman–Crippen MR) is 263 cm³/mol. The average molecular weight is 816 g/mol. The molecule has 0 saturated heterocycles. The highest BCUT2D eigenvalue weighted by Crippen LogP contribution is 2.64. The van der Waals surface area contributed by atoms with Crippen molar-refractivity contribution in [2.75, 3.05) is 4.90 Å². The first-order valence-corrected chi connectivity index (χ1v) is 22.0. The average Bonchev–Trinajstić information content (AvgIpc) is 4.10. The van der Waals surface area contributed by atoms with Gasteiger partial charge in [0.1, 0.15) is 11.2 Å². The first-order valence-electron chi connectivity index (χ1n) is 22.0. The molecule has 12 aromatic rings. The van der Waals surface area contributed by atoms with Gasteiger partial charge in [-0.3, -0.25) is 0 Å². The van der Waals surface area contributed by atoms with Crippen molar-refractivity contribution in [3.63, 3.8) is 0 Å². The normalized spacial score (nSPS) is 13.1. The quantitative estimate of drug-likeness (QED) is 0.173. The minimum absolute atomic E-state index is 0.447. The van der Waals surface area contributed by atoms with Crippen LogP contribution in [0.5, 0.6) is 0 Å². The summed E-state index contributed by atoms with van der Waals surface area (Å²) in [6.07, 6.45) is 0. The Balaban J connectivity index is 1.01. The Bertz CT molecular complexity index is 3810. The second-order valence-corrected chi connectivity index (χ2v) is 17.1. The minimum atomic E-state index is -0.447. The van der Waals surface area contributed by atoms with Crippen molar-refractivity contribution < 1.29 is 8.83 Å². The van der Waals surface area contributed by atoms with Gasteiger partial charge in [0.05, 0.1) is 16.8 Å². The number of furan rings is 2. The molecule has 2 aliphatic carbocycles. The highest BCUT2D eigenvalue weighted by molar-refractivity contribution is 6.19. The van der Waals surface area contributed by atoms with Crippen LogP contribution in [-0.4, -0.2) is 0 Å². The third-order valence-corrected chi connectivity index (χ3v) is 13.9. The molecular weight excluding hydrogens is 779 g/mol. The Morgan fingerprint density at radius 3 is 1.58 bits per heavy atom. The number of benzene rings is 10. The molecule has 298 valence electrons. The largest absolute Gasteiger partial charge is 0.454 e. The van der Waals surface area contributed by atoms with Crippen LogP contribution in [0.4, 0.5) is 17.1 Å². The van der Waals surface area contributed by atoms with Crippen molar-refractivity contribution in [2.45, 2.75) is 5.41 Å². The van der Waals surface area contributed by atoms with Crippen LogP contribution < -0.4 is 4.90 Å². The minimum Gasteiger partial charge on any atom is -0.454 e. The van der Waals surface area contributed by atoms with E-state index in [-0.39, 0.29) is 0 Å². The van der Waals surface area contributed by atoms with E-state index < -0.39 is 5.41 Å². The maximum Gasteiger partial charge on any atom is 0.159 e. The summed E-state index contributed by atoms with van der Waals surface area (Å²) >= 11 is 0. The summed E-state index contributed by atoms with van der Waals surface area (Å²) in [7, 11) is 0. The van der Waals surface area contributed by atoms with Crippen molar-refractivity contribution in [1.29, 1.82) is 0 Å². The van der Waals surface area contributed by atoms with Crippen molar-refractivity contribution in [1.82, 2.24) is 0 Å². The molecule has 0 amide bonds. The molecule has 2 heterocycles. The fourth-order valence-corrected chi connectivity index (χ4v) is 11.3. The van der Waals surface area contributed by atoms with E-state index in [1.807, 2.05) is 6.07 Å². The molecule has 3 heteroatoms. The zero-order valence-corrected chi connectivity index (χ0v) is 34.6. The van der Waals surface area contributed by atoms with Crippen molar-refractivity contribution in [2.24, 2.45) is 0 Å². The lowest BCUT2D eigenvalue weighted by Crippen LogP contribution is -2.25. The highest BCUT2D eigenvalue weighted by Gasteiger charge is 2.52. The zero-order valence-electron chi connectivity index (χ0n) is 34.6. The number of nitrogens with zero attached hydrogens (tertiary/aromatic N) is 1. The maximum absolute atomic E-state index is 7.21. The summed E-state index contributed by atoms with van der Waals surface area (Å²) in [5.41, 5.74) is 20.8. The Morgan fingerprint density at radius 2 is 0.844 bits per heavy atom. The van der Waals surface area contributed by atoms with Crippen molar-refractivity contribution >= 4 is 60.9 Å². The monoisotopic (exact) mass is 815 g/mol. The van der Waals surface area contributed by atoms with E-state index in [1.54, 1.807) is 0 Å². The predicted octanol–water partition coefficient (Wildman–Crippen LogP) is 16.6. The molecule has 0 saturated carbocycles. The van der Waals surface area contributed by atoms with Crippen LogP contribution >= 0.6 is 0 Å². The van der Waals surface area contributed by atoms with E-state index in [0.717, 1.165) is 72.1 Å². The lowest BCUT2D eigenvalue weighted by molar-refractivity contribution is 0.666. The van der Waals surface area contributed by atoms with Crippen LogP contribution in [0, 0.1) is 0 Å². The molecule has 0 aliphatic heterocycles. The van der Waals surface area contributed by atoms with Gasteiger partial charge in [0.2, 0.25) is 0 Å². The van der Waals surface area contributed by atoms with E-state index in [4.69, 9.17) is 8.83 Å². The molecule has 2 aliphatic rings. The van der Waals surface area contributed by atoms with Crippen molar-refractivity contribution in [3.05, 3.63) is 247 Å². The number of hydrogen-bond acceptors (Lipinski definition) is 3. The molecule has 0 bridgehead atoms. The SMILES string of the molecule is c1ccc(-c2ccc(-c3cccc(N(c4cccc5c4oc4ccccc45)c4cccc5c4oc4ccc6c(c45)-c4ccccc4C64c5ccccc5-c5ccccc54)c3)cc2)cc1. The summed E-state index contributed by atoms with van der Waals surface area (Å²) in [6.45, 7) is 0. The third-order valence-electron chi connectivity index (χ3n) is 13.9. The Labute approximate surface area is 369 Å². The van der Waals surface area contributed by atoms with Crippen LogP contribution in [0.25, 0.3) is 88.4 Å². The molecule has 10 aromatic carbocycles. The molecule has 0 fully saturated rings. The van der Waals surface area contributed by atoms with E-state index >= 15 is 0 Å². The Kier molecular flexibility index (Phi) is 7.32. The molecule has 2 aromatic heterocycles. The zero-order chi connectivity index (χ0) is 41.9. The maximum atomic E-state index is 7.21. The Hall–Kier alpha value is -8.40. The van der Waals surface area contributed by atoms with E-state index in [9.17, 15) is 0 Å². The molecule has 0 unspecified atom stereocenters. The molecule has 64 heavy (non-hydrogen) atoms. The van der Waals surface area contributed by atoms with Gasteiger partial charge in [-0.1, -0.05) is 188 Å². The number of hydrogen-bond donors (Lipinski definition) is 0. The molecule has 3 nitrogen and oxygen atoms in total. The standard InChI is InChI=1S/C61H37NO2/c1-2-15-38(16-3-1)39-31-33-40(34-32-39)41-17-12-18-42(37-41)62(53-28-13-23-46-45-21-7-11-30-55(45)63-59(46)53)54-29-14-24-48-58-56(64-60(48)54)36-35-52-57(58)47-22-6-10-27-51(47)61(52)49-25-8-4-19-43(49)44-20-5-9-26-50(44)61/h1-37H. The highest BCUT2D eigenvalue weighted by atomic mass is 16.3. The van der Waals surface area contributed by atoms with Gasteiger partial charge in [0.25, 0.3) is 0 Å². The van der Waals surface area contributed by atoms with Gasteiger partial charge in [-0.15, -0.1) is 0 Å². The van der Waals surface area contributed by atoms with Gasteiger partial charge in [0.15, 0.2) is 11.2 Å². The molecule has 0 radical (unpaired) electrons. The fourth-order valence-electron chi connectivity index (χ4n) is 11.3. The first kappa shape index (κ1) is 35.2. The smallest absolute Gasteiger partial charge is 0.159 e. The summed E-state index contributed by atoms with van der Waals surface area (Å²) in [5, 5.41) is 4.37. The van der Waals surface area contributed by atoms with Gasteiger partial charge in [0, 0.05) is 27.2 Å². The van der Waals surface area contributed by atoms with E-state index in [1.165, 1.54) is 55.6 Å². The van der Waals surface area contributed by atoms with Crippen LogP contribution in [-0.2, 0) is 5.41 Å². The van der Waals surface area contributed by atoms with E-state index in [0.29, 0.717) is 0 Å². The summed E-state index contributed by atoms with van der Waals surface area (Å²) in [5.74, 6) is 0. The van der Waals surface area contributed by atoms with Gasteiger partial charge in [-0.2, -0.15) is 0 Å². The summed E-state index contributed by atoms with van der Waals surface area (Å²) < 4.78 is 14.0. The number of fused-ring (bicyclic) bond motifs is 17. The fraction of sp³-hybridized carbons (Fsp3) is 0.0164. The summed E-state index contributed by atoms with van der Waals surface area (Å²) in [4.78, 5) is 2.33. The number of para-hydroxylation sites is 3.